The van der Waals surface area contributed by atoms with Gasteiger partial charge < -0.3 is 29.6 Å². The maximum Gasteiger partial charge on any atom is 0.204 e. The Bertz CT molecular complexity index is 1100. The highest BCUT2D eigenvalue weighted by molar-refractivity contribution is 5.78. The van der Waals surface area contributed by atoms with E-state index in [1.807, 2.05) is 83.4 Å². The number of para-hydroxylation sites is 3. The second-order valence-corrected chi connectivity index (χ2v) is 7.04. The predicted octanol–water partition coefficient (Wildman–Crippen LogP) is 3.67. The highest BCUT2D eigenvalue weighted by Crippen LogP contribution is 2.24. The number of aromatic nitrogens is 2. The number of ether oxygens (including phenoxy) is 2. The zero-order chi connectivity index (χ0) is 21.5. The van der Waals surface area contributed by atoms with Crippen LogP contribution in [0.25, 0.3) is 11.0 Å². The topological polar surface area (TPSA) is 88.8 Å². The van der Waals surface area contributed by atoms with Gasteiger partial charge in [0.1, 0.15) is 30.0 Å². The monoisotopic (exact) mass is 419 g/mol. The first-order chi connectivity index (χ1) is 15.2. The first-order valence-corrected chi connectivity index (χ1v) is 10.2. The van der Waals surface area contributed by atoms with Crippen LogP contribution in [-0.2, 0) is 6.54 Å². The lowest BCUT2D eigenvalue weighted by Crippen LogP contribution is -2.25. The van der Waals surface area contributed by atoms with Gasteiger partial charge in [0.05, 0.1) is 24.2 Å². The molecule has 0 radical (unpaired) electrons. The molecule has 1 aromatic heterocycles. The summed E-state index contributed by atoms with van der Waals surface area (Å²) in [6, 6.07) is 24.6. The maximum atomic E-state index is 10.6. The minimum absolute atomic E-state index is 0.00114. The Morgan fingerprint density at radius 2 is 1.55 bits per heavy atom. The number of nitrogens with zero attached hydrogens (tertiary/aromatic N) is 2. The van der Waals surface area contributed by atoms with Gasteiger partial charge in [0.25, 0.3) is 0 Å². The second-order valence-electron chi connectivity index (χ2n) is 7.04. The molecule has 0 aliphatic heterocycles. The van der Waals surface area contributed by atoms with Crippen molar-refractivity contribution < 1.29 is 19.7 Å². The van der Waals surface area contributed by atoms with Crippen LogP contribution >= 0.6 is 0 Å². The van der Waals surface area contributed by atoms with Crippen LogP contribution in [0.1, 0.15) is 0 Å². The van der Waals surface area contributed by atoms with Crippen LogP contribution in [0.3, 0.4) is 0 Å². The summed E-state index contributed by atoms with van der Waals surface area (Å²) >= 11 is 0. The molecule has 3 N–H and O–H groups in total. The number of benzene rings is 3. The van der Waals surface area contributed by atoms with Gasteiger partial charge in [0.2, 0.25) is 5.95 Å². The molecule has 0 aliphatic rings. The lowest BCUT2D eigenvalue weighted by atomic mass is 10.3. The normalized spacial score (nSPS) is 11.9. The number of aliphatic hydroxyl groups excluding tert-OH is 2. The summed E-state index contributed by atoms with van der Waals surface area (Å²) in [6.45, 7) is 0.820. The van der Waals surface area contributed by atoms with Crippen molar-refractivity contribution in [1.29, 1.82) is 0 Å². The van der Waals surface area contributed by atoms with E-state index in [1.165, 1.54) is 0 Å². The maximum absolute atomic E-state index is 10.6. The molecule has 0 amide bonds. The number of imidazole rings is 1. The Morgan fingerprint density at radius 1 is 0.871 bits per heavy atom. The zero-order valence-corrected chi connectivity index (χ0v) is 17.0. The fourth-order valence-corrected chi connectivity index (χ4v) is 3.25. The van der Waals surface area contributed by atoms with Crippen LogP contribution in [0.5, 0.6) is 17.2 Å². The van der Waals surface area contributed by atoms with Crippen molar-refractivity contribution in [3.05, 3.63) is 78.9 Å². The number of nitrogens with one attached hydrogen (secondary N) is 1. The second kappa shape index (κ2) is 9.97. The smallest absolute Gasteiger partial charge is 0.204 e. The Labute approximate surface area is 180 Å². The number of fused-ring (bicyclic) bond motifs is 1. The van der Waals surface area contributed by atoms with Gasteiger partial charge in [-0.15, -0.1) is 0 Å². The molecule has 7 nitrogen and oxygen atoms in total. The van der Waals surface area contributed by atoms with Gasteiger partial charge in [-0.3, -0.25) is 0 Å². The van der Waals surface area contributed by atoms with Crippen LogP contribution in [-0.4, -0.2) is 45.6 Å². The third kappa shape index (κ3) is 5.33. The molecule has 3 aromatic carbocycles. The highest BCUT2D eigenvalue weighted by atomic mass is 16.5. The zero-order valence-electron chi connectivity index (χ0n) is 17.0. The summed E-state index contributed by atoms with van der Waals surface area (Å²) in [4.78, 5) is 4.54. The molecule has 4 aromatic rings. The standard InChI is InChI=1S/C24H25N3O4/c28-15-14-25-24-26-22-8-4-5-9-23(22)27(24)16-18(29)17-30-19-10-12-21(13-11-19)31-20-6-2-1-3-7-20/h1-13,18,28-29H,14-17H2,(H,25,26)/t18-/m0/s1. The van der Waals surface area contributed by atoms with Crippen molar-refractivity contribution >= 4 is 17.0 Å². The van der Waals surface area contributed by atoms with E-state index < -0.39 is 6.10 Å². The van der Waals surface area contributed by atoms with Crippen LogP contribution in [0.15, 0.2) is 78.9 Å². The largest absolute Gasteiger partial charge is 0.491 e. The van der Waals surface area contributed by atoms with Gasteiger partial charge in [-0.25, -0.2) is 4.98 Å². The Kier molecular flexibility index (Phi) is 6.66. The van der Waals surface area contributed by atoms with E-state index in [0.717, 1.165) is 16.8 Å². The summed E-state index contributed by atoms with van der Waals surface area (Å²) < 4.78 is 13.4. The van der Waals surface area contributed by atoms with Gasteiger partial charge in [-0.1, -0.05) is 30.3 Å². The van der Waals surface area contributed by atoms with E-state index in [4.69, 9.17) is 14.6 Å². The van der Waals surface area contributed by atoms with Crippen molar-refractivity contribution in [3.8, 4) is 17.2 Å². The number of hydrogen-bond donors (Lipinski definition) is 3. The average Bonchev–Trinajstić information content (AvgIpc) is 3.15. The van der Waals surface area contributed by atoms with E-state index in [-0.39, 0.29) is 13.2 Å². The van der Waals surface area contributed by atoms with Gasteiger partial charge in [-0.05, 0) is 48.5 Å². The predicted molar refractivity (Wildman–Crippen MR) is 120 cm³/mol. The molecule has 0 bridgehead atoms. The summed E-state index contributed by atoms with van der Waals surface area (Å²) in [7, 11) is 0. The lowest BCUT2D eigenvalue weighted by Gasteiger charge is -2.16. The molecule has 7 heteroatoms. The number of anilines is 1. The molecular formula is C24H25N3O4. The minimum atomic E-state index is -0.743. The first-order valence-electron chi connectivity index (χ1n) is 10.2. The molecule has 4 rings (SSSR count). The molecule has 1 atom stereocenters. The number of hydrogen-bond acceptors (Lipinski definition) is 6. The Balaban J connectivity index is 1.36. The third-order valence-electron chi connectivity index (χ3n) is 4.69. The molecule has 0 saturated carbocycles. The Hall–Kier alpha value is -3.55. The molecule has 0 aliphatic carbocycles. The van der Waals surface area contributed by atoms with Crippen LogP contribution in [0.2, 0.25) is 0 Å². The van der Waals surface area contributed by atoms with Crippen molar-refractivity contribution in [2.45, 2.75) is 12.6 Å². The average molecular weight is 419 g/mol. The van der Waals surface area contributed by atoms with E-state index in [0.29, 0.717) is 30.5 Å². The molecule has 0 fully saturated rings. The molecule has 0 spiro atoms. The van der Waals surface area contributed by atoms with Crippen molar-refractivity contribution in [1.82, 2.24) is 9.55 Å². The molecule has 0 unspecified atom stereocenters. The molecule has 0 saturated heterocycles. The van der Waals surface area contributed by atoms with E-state index in [2.05, 4.69) is 10.3 Å². The Morgan fingerprint density at radius 3 is 2.32 bits per heavy atom. The quantitative estimate of drug-likeness (QED) is 0.363. The fraction of sp³-hybridized carbons (Fsp3) is 0.208. The summed E-state index contributed by atoms with van der Waals surface area (Å²) in [6.07, 6.45) is -0.743. The SMILES string of the molecule is OCCNc1nc2ccccc2n1C[C@H](O)COc1ccc(Oc2ccccc2)cc1. The van der Waals surface area contributed by atoms with Gasteiger partial charge in [0.15, 0.2) is 0 Å². The van der Waals surface area contributed by atoms with E-state index in [1.54, 1.807) is 0 Å². The summed E-state index contributed by atoms with van der Waals surface area (Å²) in [5.74, 6) is 2.73. The molecular weight excluding hydrogens is 394 g/mol. The van der Waals surface area contributed by atoms with Crippen molar-refractivity contribution in [3.63, 3.8) is 0 Å². The summed E-state index contributed by atoms with van der Waals surface area (Å²) in [5, 5.41) is 22.8. The fourth-order valence-electron chi connectivity index (χ4n) is 3.25. The van der Waals surface area contributed by atoms with Crippen molar-refractivity contribution in [2.75, 3.05) is 25.1 Å². The van der Waals surface area contributed by atoms with E-state index >= 15 is 0 Å². The number of aliphatic hydroxyl groups is 2. The molecule has 1 heterocycles. The number of rotatable bonds is 10. The lowest BCUT2D eigenvalue weighted by molar-refractivity contribution is 0.0938. The van der Waals surface area contributed by atoms with Crippen LogP contribution in [0.4, 0.5) is 5.95 Å². The summed E-state index contributed by atoms with van der Waals surface area (Å²) in [5.41, 5.74) is 1.73. The van der Waals surface area contributed by atoms with Crippen LogP contribution in [0, 0.1) is 0 Å². The molecule has 160 valence electrons. The minimum Gasteiger partial charge on any atom is -0.491 e. The van der Waals surface area contributed by atoms with Crippen molar-refractivity contribution in [2.24, 2.45) is 0 Å². The highest BCUT2D eigenvalue weighted by Gasteiger charge is 2.14. The first kappa shape index (κ1) is 20.7. The molecule has 31 heavy (non-hydrogen) atoms. The third-order valence-corrected chi connectivity index (χ3v) is 4.69. The van der Waals surface area contributed by atoms with Crippen LogP contribution < -0.4 is 14.8 Å². The van der Waals surface area contributed by atoms with Gasteiger partial charge in [-0.2, -0.15) is 0 Å². The van der Waals surface area contributed by atoms with Gasteiger partial charge in [0, 0.05) is 6.54 Å². The van der Waals surface area contributed by atoms with Gasteiger partial charge >= 0.3 is 0 Å². The van der Waals surface area contributed by atoms with E-state index in [9.17, 15) is 5.11 Å².